The minimum absolute atomic E-state index is 0.0422. The highest BCUT2D eigenvalue weighted by Gasteiger charge is 2.36. The molecule has 1 fully saturated rings. The van der Waals surface area contributed by atoms with E-state index in [4.69, 9.17) is 0 Å². The Kier molecular flexibility index (Phi) is 10.1. The monoisotopic (exact) mass is 473 g/mol. The average molecular weight is 474 g/mol. The van der Waals surface area contributed by atoms with Gasteiger partial charge in [-0.25, -0.2) is 5.06 Å². The Hall–Kier alpha value is -2.41. The molecule has 0 aliphatic heterocycles. The Morgan fingerprint density at radius 1 is 1.06 bits per heavy atom. The van der Waals surface area contributed by atoms with Crippen molar-refractivity contribution >= 4 is 18.2 Å². The predicted octanol–water partition coefficient (Wildman–Crippen LogP) is 4.09. The Bertz CT molecular complexity index is 798. The van der Waals surface area contributed by atoms with E-state index in [9.17, 15) is 19.6 Å². The van der Waals surface area contributed by atoms with Gasteiger partial charge in [-0.15, -0.1) is 0 Å². The highest BCUT2D eigenvalue weighted by atomic mass is 16.5. The van der Waals surface area contributed by atoms with Gasteiger partial charge in [0.25, 0.3) is 0 Å². The molecule has 1 aliphatic carbocycles. The first kappa shape index (κ1) is 27.8. The molecule has 0 spiro atoms. The highest BCUT2D eigenvalue weighted by molar-refractivity contribution is 5.89. The summed E-state index contributed by atoms with van der Waals surface area (Å²) in [7, 11) is 0. The molecule has 7 nitrogen and oxygen atoms in total. The molecule has 2 rings (SSSR count). The molecule has 0 radical (unpaired) electrons. The van der Waals surface area contributed by atoms with Gasteiger partial charge in [-0.1, -0.05) is 70.4 Å². The molecule has 3 N–H and O–H groups in total. The van der Waals surface area contributed by atoms with E-state index in [2.05, 4.69) is 31.4 Å². The van der Waals surface area contributed by atoms with Gasteiger partial charge in [0.05, 0.1) is 12.5 Å². The molecular formula is C27H43N3O4. The van der Waals surface area contributed by atoms with Crippen LogP contribution < -0.4 is 10.6 Å². The third-order valence-corrected chi connectivity index (χ3v) is 6.36. The van der Waals surface area contributed by atoms with Crippen molar-refractivity contribution < 1.29 is 19.6 Å². The summed E-state index contributed by atoms with van der Waals surface area (Å²) in [5.41, 5.74) is 0.544. The van der Waals surface area contributed by atoms with Gasteiger partial charge in [-0.3, -0.25) is 19.6 Å². The van der Waals surface area contributed by atoms with E-state index in [0.29, 0.717) is 17.9 Å². The van der Waals surface area contributed by atoms with Crippen molar-refractivity contribution in [1.29, 1.82) is 0 Å². The summed E-state index contributed by atoms with van der Waals surface area (Å²) in [6.07, 6.45) is 6.45. The number of nitrogens with zero attached hydrogens (tertiary/aromatic N) is 1. The van der Waals surface area contributed by atoms with E-state index in [0.717, 1.165) is 44.1 Å². The average Bonchev–Trinajstić information content (AvgIpc) is 2.75. The minimum atomic E-state index is -0.681. The molecule has 1 aliphatic rings. The molecule has 0 aromatic heterocycles. The predicted molar refractivity (Wildman–Crippen MR) is 133 cm³/mol. The van der Waals surface area contributed by atoms with Crippen molar-refractivity contribution in [1.82, 2.24) is 15.7 Å². The lowest BCUT2D eigenvalue weighted by molar-refractivity contribution is -0.155. The van der Waals surface area contributed by atoms with Crippen LogP contribution in [-0.4, -0.2) is 46.6 Å². The molecule has 2 unspecified atom stereocenters. The smallest absolute Gasteiger partial charge is 0.243 e. The van der Waals surface area contributed by atoms with Crippen LogP contribution in [-0.2, 0) is 20.8 Å². The largest absolute Gasteiger partial charge is 0.349 e. The van der Waals surface area contributed by atoms with E-state index in [-0.39, 0.29) is 29.7 Å². The Labute approximate surface area is 204 Å². The van der Waals surface area contributed by atoms with Crippen molar-refractivity contribution in [3.05, 3.63) is 35.9 Å². The topological polar surface area (TPSA) is 98.7 Å². The second-order valence-corrected chi connectivity index (χ2v) is 11.6. The summed E-state index contributed by atoms with van der Waals surface area (Å²) in [6, 6.07) is 8.83. The van der Waals surface area contributed by atoms with Gasteiger partial charge in [0.2, 0.25) is 18.2 Å². The zero-order valence-corrected chi connectivity index (χ0v) is 21.5. The number of amides is 3. The summed E-state index contributed by atoms with van der Waals surface area (Å²) in [4.78, 5) is 37.9. The van der Waals surface area contributed by atoms with Crippen molar-refractivity contribution in [3.63, 3.8) is 0 Å². The van der Waals surface area contributed by atoms with Crippen molar-refractivity contribution in [2.24, 2.45) is 17.3 Å². The molecule has 7 heteroatoms. The first-order valence-electron chi connectivity index (χ1n) is 12.5. The number of hydroxylamine groups is 2. The van der Waals surface area contributed by atoms with Crippen molar-refractivity contribution in [2.45, 2.75) is 91.1 Å². The van der Waals surface area contributed by atoms with Crippen molar-refractivity contribution in [2.75, 3.05) is 6.54 Å². The van der Waals surface area contributed by atoms with Gasteiger partial charge in [0, 0.05) is 5.54 Å². The van der Waals surface area contributed by atoms with Crippen LogP contribution in [0.4, 0.5) is 0 Å². The summed E-state index contributed by atoms with van der Waals surface area (Å²) in [6.45, 7) is 10.3. The number of benzene rings is 1. The van der Waals surface area contributed by atoms with Crippen LogP contribution in [0, 0.1) is 17.3 Å². The summed E-state index contributed by atoms with van der Waals surface area (Å²) >= 11 is 0. The summed E-state index contributed by atoms with van der Waals surface area (Å²) in [5, 5.41) is 16.5. The van der Waals surface area contributed by atoms with Crippen molar-refractivity contribution in [3.8, 4) is 0 Å². The maximum Gasteiger partial charge on any atom is 0.243 e. The maximum atomic E-state index is 13.5. The maximum absolute atomic E-state index is 13.5. The molecule has 190 valence electrons. The van der Waals surface area contributed by atoms with Gasteiger partial charge in [-0.05, 0) is 56.4 Å². The molecule has 0 saturated heterocycles. The number of hydrogen-bond acceptors (Lipinski definition) is 4. The normalized spacial score (nSPS) is 16.9. The van der Waals surface area contributed by atoms with Crippen LogP contribution >= 0.6 is 0 Å². The van der Waals surface area contributed by atoms with Gasteiger partial charge in [0.1, 0.15) is 6.04 Å². The van der Waals surface area contributed by atoms with E-state index >= 15 is 0 Å². The third-order valence-electron chi connectivity index (χ3n) is 6.36. The lowest BCUT2D eigenvalue weighted by Crippen LogP contribution is -2.58. The Morgan fingerprint density at radius 2 is 1.68 bits per heavy atom. The summed E-state index contributed by atoms with van der Waals surface area (Å²) < 4.78 is 0. The second kappa shape index (κ2) is 12.3. The number of rotatable bonds is 11. The van der Waals surface area contributed by atoms with Crippen LogP contribution in [0.15, 0.2) is 30.3 Å². The van der Waals surface area contributed by atoms with Gasteiger partial charge >= 0.3 is 0 Å². The van der Waals surface area contributed by atoms with Crippen LogP contribution in [0.5, 0.6) is 0 Å². The zero-order chi connectivity index (χ0) is 25.4. The van der Waals surface area contributed by atoms with E-state index in [1.54, 1.807) is 0 Å². The molecule has 1 aromatic carbocycles. The standard InChI is InChI=1S/C27H43N3O4/c1-26(2,3)18-27(4,5)29-25(33)23(21-14-10-7-11-15-21)28-24(32)22(17-30(34)19-31)16-20-12-8-6-9-13-20/h6,8-9,12-13,19,21-23,34H,7,10-11,14-18H2,1-5H3,(H,28,32)(H,29,33). The molecule has 0 heterocycles. The molecule has 0 bridgehead atoms. The fraction of sp³-hybridized carbons (Fsp3) is 0.667. The minimum Gasteiger partial charge on any atom is -0.349 e. The second-order valence-electron chi connectivity index (χ2n) is 11.6. The lowest BCUT2D eigenvalue weighted by Gasteiger charge is -2.37. The molecular weight excluding hydrogens is 430 g/mol. The molecule has 1 saturated carbocycles. The summed E-state index contributed by atoms with van der Waals surface area (Å²) in [5.74, 6) is -1.11. The van der Waals surface area contributed by atoms with Gasteiger partial charge in [0.15, 0.2) is 0 Å². The van der Waals surface area contributed by atoms with Crippen LogP contribution in [0.3, 0.4) is 0 Å². The highest BCUT2D eigenvalue weighted by Crippen LogP contribution is 2.29. The molecule has 2 atom stereocenters. The first-order valence-corrected chi connectivity index (χ1v) is 12.5. The number of carbonyl (C=O) groups excluding carboxylic acids is 3. The van der Waals surface area contributed by atoms with Crippen LogP contribution in [0.1, 0.15) is 78.7 Å². The zero-order valence-electron chi connectivity index (χ0n) is 21.5. The first-order chi connectivity index (χ1) is 15.9. The number of carbonyl (C=O) groups is 3. The molecule has 34 heavy (non-hydrogen) atoms. The Balaban J connectivity index is 2.22. The quantitative estimate of drug-likeness (QED) is 0.256. The van der Waals surface area contributed by atoms with E-state index in [1.165, 1.54) is 0 Å². The van der Waals surface area contributed by atoms with Crippen LogP contribution in [0.25, 0.3) is 0 Å². The number of nitrogens with one attached hydrogen (secondary N) is 2. The van der Waals surface area contributed by atoms with Gasteiger partial charge in [-0.2, -0.15) is 0 Å². The molecule has 3 amide bonds. The van der Waals surface area contributed by atoms with E-state index < -0.39 is 17.5 Å². The third kappa shape index (κ3) is 9.45. The fourth-order valence-corrected chi connectivity index (χ4v) is 5.32. The van der Waals surface area contributed by atoms with Crippen LogP contribution in [0.2, 0.25) is 0 Å². The van der Waals surface area contributed by atoms with E-state index in [1.807, 2.05) is 44.2 Å². The molecule has 1 aromatic rings. The Morgan fingerprint density at radius 3 is 2.24 bits per heavy atom. The number of hydrogen-bond donors (Lipinski definition) is 3. The van der Waals surface area contributed by atoms with Gasteiger partial charge < -0.3 is 10.6 Å². The fourth-order valence-electron chi connectivity index (χ4n) is 5.32. The lowest BCUT2D eigenvalue weighted by atomic mass is 9.80. The SMILES string of the molecule is CC(C)(C)CC(C)(C)NC(=O)C(NC(=O)C(Cc1ccccc1)CN(O)C=O)C1CCCCC1.